The SMILES string of the molecule is CC(NC1(CNC(=O)CCc2ccc(F)cc2)CCCC1)c1ccccc1. The van der Waals surface area contributed by atoms with Gasteiger partial charge in [-0.25, -0.2) is 4.39 Å². The normalized spacial score (nSPS) is 16.8. The maximum Gasteiger partial charge on any atom is 0.220 e. The molecule has 4 heteroatoms. The van der Waals surface area contributed by atoms with Crippen LogP contribution in [0.1, 0.15) is 56.2 Å². The molecule has 0 spiro atoms. The van der Waals surface area contributed by atoms with E-state index in [1.165, 1.54) is 30.5 Å². The highest BCUT2D eigenvalue weighted by Crippen LogP contribution is 2.31. The summed E-state index contributed by atoms with van der Waals surface area (Å²) in [7, 11) is 0. The Morgan fingerprint density at radius 2 is 1.74 bits per heavy atom. The van der Waals surface area contributed by atoms with Gasteiger partial charge >= 0.3 is 0 Å². The fourth-order valence-corrected chi connectivity index (χ4v) is 3.97. The van der Waals surface area contributed by atoms with Crippen molar-refractivity contribution in [1.82, 2.24) is 10.6 Å². The highest BCUT2D eigenvalue weighted by molar-refractivity contribution is 5.76. The van der Waals surface area contributed by atoms with Crippen LogP contribution in [0.15, 0.2) is 54.6 Å². The third-order valence-electron chi connectivity index (χ3n) is 5.56. The molecular formula is C23H29FN2O. The molecule has 0 saturated heterocycles. The number of hydrogen-bond donors (Lipinski definition) is 2. The van der Waals surface area contributed by atoms with Gasteiger partial charge in [0.15, 0.2) is 0 Å². The zero-order valence-corrected chi connectivity index (χ0v) is 16.0. The number of carbonyl (C=O) groups is 1. The number of amides is 1. The Morgan fingerprint density at radius 1 is 1.07 bits per heavy atom. The molecule has 27 heavy (non-hydrogen) atoms. The van der Waals surface area contributed by atoms with E-state index in [4.69, 9.17) is 0 Å². The van der Waals surface area contributed by atoms with Gasteiger partial charge in [0, 0.05) is 24.5 Å². The predicted molar refractivity (Wildman–Crippen MR) is 107 cm³/mol. The summed E-state index contributed by atoms with van der Waals surface area (Å²) in [6.45, 7) is 2.85. The lowest BCUT2D eigenvalue weighted by Crippen LogP contribution is -2.52. The molecule has 2 N–H and O–H groups in total. The second-order valence-electron chi connectivity index (χ2n) is 7.67. The molecule has 1 fully saturated rings. The summed E-state index contributed by atoms with van der Waals surface area (Å²) in [4.78, 5) is 12.3. The average Bonchev–Trinajstić information content (AvgIpc) is 3.15. The Morgan fingerprint density at radius 3 is 2.41 bits per heavy atom. The monoisotopic (exact) mass is 368 g/mol. The molecule has 1 atom stereocenters. The maximum absolute atomic E-state index is 13.0. The van der Waals surface area contributed by atoms with Gasteiger partial charge in [-0.1, -0.05) is 55.3 Å². The van der Waals surface area contributed by atoms with Crippen LogP contribution in [-0.2, 0) is 11.2 Å². The van der Waals surface area contributed by atoms with E-state index in [0.717, 1.165) is 18.4 Å². The van der Waals surface area contributed by atoms with E-state index in [2.05, 4.69) is 41.8 Å². The third-order valence-corrected chi connectivity index (χ3v) is 5.56. The minimum atomic E-state index is -0.245. The van der Waals surface area contributed by atoms with Crippen molar-refractivity contribution in [2.45, 2.75) is 57.0 Å². The highest BCUT2D eigenvalue weighted by Gasteiger charge is 2.35. The van der Waals surface area contributed by atoms with Crippen molar-refractivity contribution >= 4 is 5.91 Å². The lowest BCUT2D eigenvalue weighted by atomic mass is 9.94. The van der Waals surface area contributed by atoms with Crippen LogP contribution >= 0.6 is 0 Å². The summed E-state index contributed by atoms with van der Waals surface area (Å²) < 4.78 is 13.0. The summed E-state index contributed by atoms with van der Waals surface area (Å²) in [6.07, 6.45) is 5.62. The Labute approximate surface area is 161 Å². The minimum Gasteiger partial charge on any atom is -0.354 e. The van der Waals surface area contributed by atoms with Gasteiger partial charge in [0.1, 0.15) is 5.82 Å². The number of halogens is 1. The van der Waals surface area contributed by atoms with Gasteiger partial charge in [-0.15, -0.1) is 0 Å². The van der Waals surface area contributed by atoms with Gasteiger partial charge in [0.05, 0.1) is 0 Å². The number of nitrogens with one attached hydrogen (secondary N) is 2. The van der Waals surface area contributed by atoms with Crippen molar-refractivity contribution in [3.63, 3.8) is 0 Å². The summed E-state index contributed by atoms with van der Waals surface area (Å²) in [6, 6.07) is 17.0. The quantitative estimate of drug-likeness (QED) is 0.718. The molecule has 0 aliphatic heterocycles. The lowest BCUT2D eigenvalue weighted by Gasteiger charge is -2.34. The van der Waals surface area contributed by atoms with E-state index >= 15 is 0 Å². The molecule has 1 unspecified atom stereocenters. The van der Waals surface area contributed by atoms with Crippen molar-refractivity contribution in [2.75, 3.05) is 6.54 Å². The molecule has 1 saturated carbocycles. The third kappa shape index (κ3) is 5.64. The second-order valence-corrected chi connectivity index (χ2v) is 7.67. The molecule has 144 valence electrons. The molecule has 2 aromatic rings. The topological polar surface area (TPSA) is 41.1 Å². The van der Waals surface area contributed by atoms with Gasteiger partial charge < -0.3 is 10.6 Å². The van der Waals surface area contributed by atoms with Crippen LogP contribution in [0.3, 0.4) is 0 Å². The average molecular weight is 368 g/mol. The van der Waals surface area contributed by atoms with E-state index < -0.39 is 0 Å². The zero-order chi connectivity index (χ0) is 19.1. The van der Waals surface area contributed by atoms with Gasteiger partial charge in [-0.05, 0) is 49.4 Å². The van der Waals surface area contributed by atoms with Crippen molar-refractivity contribution in [3.05, 3.63) is 71.5 Å². The Hall–Kier alpha value is -2.20. The molecule has 0 aromatic heterocycles. The Bertz CT molecular complexity index is 724. The van der Waals surface area contributed by atoms with Crippen molar-refractivity contribution < 1.29 is 9.18 Å². The first-order valence-corrected chi connectivity index (χ1v) is 9.90. The van der Waals surface area contributed by atoms with Gasteiger partial charge in [-0.3, -0.25) is 4.79 Å². The number of carbonyl (C=O) groups excluding carboxylic acids is 1. The second kappa shape index (κ2) is 9.14. The largest absolute Gasteiger partial charge is 0.354 e. The van der Waals surface area contributed by atoms with Crippen molar-refractivity contribution in [1.29, 1.82) is 0 Å². The fourth-order valence-electron chi connectivity index (χ4n) is 3.97. The summed E-state index contributed by atoms with van der Waals surface area (Å²) in [5.41, 5.74) is 2.23. The van der Waals surface area contributed by atoms with Gasteiger partial charge in [-0.2, -0.15) is 0 Å². The molecule has 0 radical (unpaired) electrons. The minimum absolute atomic E-state index is 0.0270. The summed E-state index contributed by atoms with van der Waals surface area (Å²) in [5, 5.41) is 6.92. The molecule has 1 amide bonds. The first kappa shape index (κ1) is 19.6. The first-order chi connectivity index (χ1) is 13.1. The number of hydrogen-bond acceptors (Lipinski definition) is 2. The zero-order valence-electron chi connectivity index (χ0n) is 16.0. The van der Waals surface area contributed by atoms with E-state index in [0.29, 0.717) is 19.4 Å². The van der Waals surface area contributed by atoms with Crippen LogP contribution in [0.5, 0.6) is 0 Å². The number of benzene rings is 2. The smallest absolute Gasteiger partial charge is 0.220 e. The van der Waals surface area contributed by atoms with Crippen molar-refractivity contribution in [3.8, 4) is 0 Å². The van der Waals surface area contributed by atoms with Crippen LogP contribution in [0.4, 0.5) is 4.39 Å². The van der Waals surface area contributed by atoms with E-state index in [9.17, 15) is 9.18 Å². The summed E-state index contributed by atoms with van der Waals surface area (Å²) >= 11 is 0. The Balaban J connectivity index is 1.51. The van der Waals surface area contributed by atoms with Gasteiger partial charge in [0.25, 0.3) is 0 Å². The van der Waals surface area contributed by atoms with Crippen molar-refractivity contribution in [2.24, 2.45) is 0 Å². The standard InChI is InChI=1S/C23H29FN2O/c1-18(20-7-3-2-4-8-20)26-23(15-5-6-16-23)17-25-22(27)14-11-19-9-12-21(24)13-10-19/h2-4,7-10,12-13,18,26H,5-6,11,14-17H2,1H3,(H,25,27). The molecule has 1 aliphatic carbocycles. The fraction of sp³-hybridized carbons (Fsp3) is 0.435. The van der Waals surface area contributed by atoms with E-state index in [-0.39, 0.29) is 23.3 Å². The van der Waals surface area contributed by atoms with Crippen LogP contribution < -0.4 is 10.6 Å². The lowest BCUT2D eigenvalue weighted by molar-refractivity contribution is -0.121. The molecule has 0 bridgehead atoms. The van der Waals surface area contributed by atoms with E-state index in [1.54, 1.807) is 12.1 Å². The van der Waals surface area contributed by atoms with Gasteiger partial charge in [0.2, 0.25) is 5.91 Å². The molecule has 1 aliphatic rings. The predicted octanol–water partition coefficient (Wildman–Crippen LogP) is 4.54. The molecule has 0 heterocycles. The van der Waals surface area contributed by atoms with Crippen LogP contribution in [0.25, 0.3) is 0 Å². The number of rotatable bonds is 8. The molecule has 3 rings (SSSR count). The van der Waals surface area contributed by atoms with Crippen LogP contribution in [0.2, 0.25) is 0 Å². The molecular weight excluding hydrogens is 339 g/mol. The first-order valence-electron chi connectivity index (χ1n) is 9.90. The highest BCUT2D eigenvalue weighted by atomic mass is 19.1. The number of aryl methyl sites for hydroxylation is 1. The molecule has 3 nitrogen and oxygen atoms in total. The Kier molecular flexibility index (Phi) is 6.62. The molecule has 2 aromatic carbocycles. The summed E-state index contributed by atoms with van der Waals surface area (Å²) in [5.74, 6) is -0.190. The van der Waals surface area contributed by atoms with Crippen LogP contribution in [0, 0.1) is 5.82 Å². The van der Waals surface area contributed by atoms with Crippen LogP contribution in [-0.4, -0.2) is 18.0 Å². The van der Waals surface area contributed by atoms with E-state index in [1.807, 2.05) is 6.07 Å². The maximum atomic E-state index is 13.0.